The molecule has 0 atom stereocenters. The van der Waals surface area contributed by atoms with Gasteiger partial charge in [0.2, 0.25) is 0 Å². The molecule has 1 N–H and O–H groups in total. The van der Waals surface area contributed by atoms with Crippen molar-refractivity contribution in [2.75, 3.05) is 0 Å². The standard InChI is InChI=1S/C14H10N2/c1-2-14(5-6-14)12-9-16-13-4-3-10(8-15)7-11(12)13/h1,3-4,7,9,16H,5-6H2. The summed E-state index contributed by atoms with van der Waals surface area (Å²) < 4.78 is 0. The Bertz CT molecular complexity index is 645. The van der Waals surface area contributed by atoms with Gasteiger partial charge in [-0.1, -0.05) is 5.92 Å². The van der Waals surface area contributed by atoms with E-state index in [-0.39, 0.29) is 5.41 Å². The number of aromatic amines is 1. The van der Waals surface area contributed by atoms with Crippen LogP contribution in [0.5, 0.6) is 0 Å². The van der Waals surface area contributed by atoms with Crippen molar-refractivity contribution in [1.29, 1.82) is 5.26 Å². The number of nitrogens with one attached hydrogen (secondary N) is 1. The lowest BCUT2D eigenvalue weighted by Gasteiger charge is -2.05. The van der Waals surface area contributed by atoms with Crippen LogP contribution in [0.15, 0.2) is 24.4 Å². The Balaban J connectivity index is 2.28. The lowest BCUT2D eigenvalue weighted by molar-refractivity contribution is 0.942. The Hall–Kier alpha value is -2.19. The number of aromatic nitrogens is 1. The molecule has 1 aromatic heterocycles. The maximum Gasteiger partial charge on any atom is 0.0991 e. The minimum atomic E-state index is -0.0771. The van der Waals surface area contributed by atoms with E-state index < -0.39 is 0 Å². The largest absolute Gasteiger partial charge is 0.361 e. The summed E-state index contributed by atoms with van der Waals surface area (Å²) in [6.07, 6.45) is 9.68. The molecule has 1 heterocycles. The normalized spacial score (nSPS) is 16.6. The summed E-state index contributed by atoms with van der Waals surface area (Å²) in [5, 5.41) is 9.99. The number of rotatable bonds is 1. The molecule has 0 radical (unpaired) electrons. The van der Waals surface area contributed by atoms with Gasteiger partial charge in [-0.25, -0.2) is 0 Å². The minimum Gasteiger partial charge on any atom is -0.361 e. The second-order valence-electron chi connectivity index (χ2n) is 4.30. The van der Waals surface area contributed by atoms with Gasteiger partial charge >= 0.3 is 0 Å². The zero-order valence-electron chi connectivity index (χ0n) is 8.75. The predicted molar refractivity (Wildman–Crippen MR) is 62.8 cm³/mol. The molecular weight excluding hydrogens is 196 g/mol. The molecule has 0 bridgehead atoms. The highest BCUT2D eigenvalue weighted by atomic mass is 14.7. The molecule has 3 rings (SSSR count). The molecule has 76 valence electrons. The summed E-state index contributed by atoms with van der Waals surface area (Å²) in [6.45, 7) is 0. The van der Waals surface area contributed by atoms with Crippen LogP contribution in [0.3, 0.4) is 0 Å². The van der Waals surface area contributed by atoms with Gasteiger partial charge in [0, 0.05) is 17.1 Å². The van der Waals surface area contributed by atoms with Crippen molar-refractivity contribution in [2.24, 2.45) is 0 Å². The molecule has 0 unspecified atom stereocenters. The number of hydrogen-bond donors (Lipinski definition) is 1. The van der Waals surface area contributed by atoms with E-state index in [0.29, 0.717) is 5.56 Å². The van der Waals surface area contributed by atoms with Gasteiger partial charge in [0.25, 0.3) is 0 Å². The van der Waals surface area contributed by atoms with E-state index in [0.717, 1.165) is 23.7 Å². The molecule has 1 aliphatic carbocycles. The molecule has 2 heteroatoms. The smallest absolute Gasteiger partial charge is 0.0991 e. The Kier molecular flexibility index (Phi) is 1.64. The number of nitriles is 1. The van der Waals surface area contributed by atoms with Crippen LogP contribution in [0.4, 0.5) is 0 Å². The van der Waals surface area contributed by atoms with E-state index in [1.165, 1.54) is 5.56 Å². The van der Waals surface area contributed by atoms with Gasteiger partial charge in [-0.15, -0.1) is 6.42 Å². The van der Waals surface area contributed by atoms with Gasteiger partial charge in [0.1, 0.15) is 0 Å². The average molecular weight is 206 g/mol. The number of hydrogen-bond acceptors (Lipinski definition) is 1. The lowest BCUT2D eigenvalue weighted by Crippen LogP contribution is -2.00. The first-order valence-electron chi connectivity index (χ1n) is 5.28. The highest BCUT2D eigenvalue weighted by Crippen LogP contribution is 2.49. The fraction of sp³-hybridized carbons (Fsp3) is 0.214. The Morgan fingerprint density at radius 2 is 2.19 bits per heavy atom. The highest BCUT2D eigenvalue weighted by Gasteiger charge is 2.44. The van der Waals surface area contributed by atoms with E-state index in [9.17, 15) is 0 Å². The summed E-state index contributed by atoms with van der Waals surface area (Å²) in [7, 11) is 0. The van der Waals surface area contributed by atoms with E-state index >= 15 is 0 Å². The summed E-state index contributed by atoms with van der Waals surface area (Å²) >= 11 is 0. The van der Waals surface area contributed by atoms with Crippen LogP contribution in [0.1, 0.15) is 24.0 Å². The van der Waals surface area contributed by atoms with E-state index in [4.69, 9.17) is 11.7 Å². The van der Waals surface area contributed by atoms with Crippen LogP contribution in [0.2, 0.25) is 0 Å². The second-order valence-corrected chi connectivity index (χ2v) is 4.30. The molecule has 1 aliphatic rings. The molecule has 0 saturated heterocycles. The quantitative estimate of drug-likeness (QED) is 0.716. The zero-order valence-corrected chi connectivity index (χ0v) is 8.75. The molecule has 0 aliphatic heterocycles. The third-order valence-corrected chi connectivity index (χ3v) is 3.35. The van der Waals surface area contributed by atoms with Gasteiger partial charge in [-0.3, -0.25) is 0 Å². The van der Waals surface area contributed by atoms with E-state index in [1.807, 2.05) is 24.4 Å². The van der Waals surface area contributed by atoms with Crippen molar-refractivity contribution < 1.29 is 0 Å². The molecule has 1 saturated carbocycles. The Labute approximate surface area is 93.9 Å². The van der Waals surface area contributed by atoms with Gasteiger partial charge in [0.15, 0.2) is 0 Å². The zero-order chi connectivity index (χ0) is 11.2. The van der Waals surface area contributed by atoms with Crippen molar-refractivity contribution in [2.45, 2.75) is 18.3 Å². The van der Waals surface area contributed by atoms with Gasteiger partial charge in [-0.2, -0.15) is 5.26 Å². The number of benzene rings is 1. The molecule has 0 spiro atoms. The van der Waals surface area contributed by atoms with Crippen molar-refractivity contribution in [3.8, 4) is 18.4 Å². The third-order valence-electron chi connectivity index (χ3n) is 3.35. The first-order valence-corrected chi connectivity index (χ1v) is 5.28. The number of nitrogens with zero attached hydrogens (tertiary/aromatic N) is 1. The van der Waals surface area contributed by atoms with Crippen LogP contribution in [-0.2, 0) is 5.41 Å². The average Bonchev–Trinajstić information content (AvgIpc) is 3.02. The summed E-state index contributed by atoms with van der Waals surface area (Å²) in [6, 6.07) is 7.83. The summed E-state index contributed by atoms with van der Waals surface area (Å²) in [5.74, 6) is 2.88. The van der Waals surface area contributed by atoms with Crippen LogP contribution >= 0.6 is 0 Å². The van der Waals surface area contributed by atoms with Crippen molar-refractivity contribution in [3.63, 3.8) is 0 Å². The number of H-pyrrole nitrogens is 1. The van der Waals surface area contributed by atoms with Crippen molar-refractivity contribution >= 4 is 10.9 Å². The maximum atomic E-state index is 8.90. The lowest BCUT2D eigenvalue weighted by atomic mass is 9.96. The van der Waals surface area contributed by atoms with Crippen LogP contribution < -0.4 is 0 Å². The predicted octanol–water partition coefficient (Wildman–Crippen LogP) is 2.70. The summed E-state index contributed by atoms with van der Waals surface area (Å²) in [4.78, 5) is 3.21. The third kappa shape index (κ3) is 1.08. The molecular formula is C14H10N2. The Morgan fingerprint density at radius 3 is 2.81 bits per heavy atom. The molecule has 16 heavy (non-hydrogen) atoms. The molecule has 1 aromatic carbocycles. The van der Waals surface area contributed by atoms with E-state index in [2.05, 4.69) is 17.0 Å². The van der Waals surface area contributed by atoms with Crippen molar-refractivity contribution in [1.82, 2.24) is 4.98 Å². The van der Waals surface area contributed by atoms with Crippen molar-refractivity contribution in [3.05, 3.63) is 35.5 Å². The van der Waals surface area contributed by atoms with Crippen LogP contribution in [-0.4, -0.2) is 4.98 Å². The Morgan fingerprint density at radius 1 is 1.38 bits per heavy atom. The molecule has 2 nitrogen and oxygen atoms in total. The fourth-order valence-electron chi connectivity index (χ4n) is 2.20. The first-order chi connectivity index (χ1) is 7.79. The van der Waals surface area contributed by atoms with Crippen LogP contribution in [0.25, 0.3) is 10.9 Å². The molecule has 0 amide bonds. The van der Waals surface area contributed by atoms with Gasteiger partial charge in [-0.05, 0) is 36.6 Å². The second kappa shape index (κ2) is 2.90. The van der Waals surface area contributed by atoms with Gasteiger partial charge < -0.3 is 4.98 Å². The summed E-state index contributed by atoms with van der Waals surface area (Å²) in [5.41, 5.74) is 2.82. The topological polar surface area (TPSA) is 39.6 Å². The highest BCUT2D eigenvalue weighted by molar-refractivity contribution is 5.86. The van der Waals surface area contributed by atoms with Gasteiger partial charge in [0.05, 0.1) is 17.0 Å². The minimum absolute atomic E-state index is 0.0771. The van der Waals surface area contributed by atoms with Crippen LogP contribution in [0, 0.1) is 23.7 Å². The fourth-order valence-corrected chi connectivity index (χ4v) is 2.20. The molecule has 1 fully saturated rings. The number of terminal acetylenes is 1. The van der Waals surface area contributed by atoms with E-state index in [1.54, 1.807) is 0 Å². The first kappa shape index (κ1) is 9.07. The monoisotopic (exact) mass is 206 g/mol. The molecule has 2 aromatic rings. The SMILES string of the molecule is C#CC1(c2c[nH]c3ccc(C#N)cc23)CC1. The number of fused-ring (bicyclic) bond motifs is 1. The maximum absolute atomic E-state index is 8.90.